The Hall–Kier alpha value is -6.39. The number of nitrogens with zero attached hydrogens (tertiary/aromatic N) is 5. The minimum atomic E-state index is -1.99. The molecule has 0 aliphatic carbocycles. The Morgan fingerprint density at radius 1 is 0.622 bits per heavy atom. The molecule has 2 fully saturated rings. The van der Waals surface area contributed by atoms with Crippen LogP contribution in [0, 0.1) is 29.6 Å². The second kappa shape index (κ2) is 29.7. The third kappa shape index (κ3) is 16.9. The van der Waals surface area contributed by atoms with E-state index in [0.29, 0.717) is 30.4 Å². The van der Waals surface area contributed by atoms with Crippen LogP contribution in [0.3, 0.4) is 0 Å². The van der Waals surface area contributed by atoms with Crippen LogP contribution in [0.4, 0.5) is 0 Å². The highest BCUT2D eigenvalue weighted by Gasteiger charge is 2.48. The summed E-state index contributed by atoms with van der Waals surface area (Å²) in [5.41, 5.74) is -0.794. The zero-order valence-corrected chi connectivity index (χ0v) is 51.2. The first-order valence-electron chi connectivity index (χ1n) is 29.0. The lowest BCUT2D eigenvalue weighted by atomic mass is 9.79. The molecule has 2 heterocycles. The molecule has 0 radical (unpaired) electrons. The normalized spacial score (nSPS) is 26.0. The van der Waals surface area contributed by atoms with Crippen molar-refractivity contribution in [3.8, 4) is 0 Å². The Morgan fingerprint density at radius 2 is 1.16 bits per heavy atom. The molecule has 454 valence electrons. The van der Waals surface area contributed by atoms with Gasteiger partial charge in [0.15, 0.2) is 12.1 Å². The van der Waals surface area contributed by atoms with Gasteiger partial charge in [0.1, 0.15) is 42.3 Å². The second-order valence-corrected chi connectivity index (χ2v) is 24.3. The Balaban J connectivity index is 2.00. The smallest absolute Gasteiger partial charge is 0.450 e. The monoisotopic (exact) mass is 1140 g/mol. The van der Waals surface area contributed by atoms with Crippen molar-refractivity contribution in [3.63, 3.8) is 0 Å². The lowest BCUT2D eigenvalue weighted by molar-refractivity contribution is -0.177. The van der Waals surface area contributed by atoms with Gasteiger partial charge in [-0.05, 0) is 79.8 Å². The van der Waals surface area contributed by atoms with Gasteiger partial charge in [0.2, 0.25) is 41.4 Å². The van der Waals surface area contributed by atoms with Crippen molar-refractivity contribution >= 4 is 65.8 Å². The molecule has 0 spiro atoms. The molecule has 0 aromatic heterocycles. The summed E-state index contributed by atoms with van der Waals surface area (Å²) in [5, 5.41) is 40.7. The fourth-order valence-corrected chi connectivity index (χ4v) is 11.2. The van der Waals surface area contributed by atoms with Crippen LogP contribution in [-0.4, -0.2) is 195 Å². The largest absolute Gasteiger partial charge is 0.488 e. The molecule has 21 nitrogen and oxygen atoms in total. The maximum absolute atomic E-state index is 15.4. The van der Waals surface area contributed by atoms with Crippen molar-refractivity contribution in [2.75, 3.05) is 34.7 Å². The van der Waals surface area contributed by atoms with Gasteiger partial charge in [-0.15, -0.1) is 0 Å². The van der Waals surface area contributed by atoms with Crippen LogP contribution < -0.4 is 21.4 Å². The number of cyclic esters (lactones) is 1. The van der Waals surface area contributed by atoms with Gasteiger partial charge < -0.3 is 60.3 Å². The first kappa shape index (κ1) is 68.1. The van der Waals surface area contributed by atoms with Gasteiger partial charge in [-0.1, -0.05) is 130 Å². The highest BCUT2D eigenvalue weighted by atomic mass is 16.6. The molecule has 2 unspecified atom stereocenters. The van der Waals surface area contributed by atoms with Crippen molar-refractivity contribution in [1.82, 2.24) is 40.4 Å². The summed E-state index contributed by atoms with van der Waals surface area (Å²) in [7, 11) is 3.66. The SMILES string of the molecule is CCC(C)[C@@H]1NC(=O)[C@@H]2CCCN2C(=O)[C@H](Cc2cccc(B(O)O)c2)N(C)C(=O)[C@H](Cc2ccccc2)NC(=O)[C@H](C(C)C)N(C)C(=O)[C@@H](C(C)CC)OC(=O)[C@H](C(C)(C)O)N(C)C(=O)[C@H](CC(C)C)NC(=O)[C@H](C(C)C)N(C)C1=O. The van der Waals surface area contributed by atoms with Crippen LogP contribution in [0.15, 0.2) is 54.6 Å². The summed E-state index contributed by atoms with van der Waals surface area (Å²) in [6.45, 7) is 20.3. The first-order chi connectivity index (χ1) is 38.3. The minimum Gasteiger partial charge on any atom is -0.450 e. The molecule has 4 rings (SSSR count). The van der Waals surface area contributed by atoms with Gasteiger partial charge in [0.05, 0.1) is 5.60 Å². The zero-order valence-electron chi connectivity index (χ0n) is 51.2. The Labute approximate surface area is 485 Å². The van der Waals surface area contributed by atoms with Gasteiger partial charge in [-0.2, -0.15) is 0 Å². The van der Waals surface area contributed by atoms with Crippen LogP contribution >= 0.6 is 0 Å². The number of ether oxygens (including phenoxy) is 1. The van der Waals surface area contributed by atoms with Crippen LogP contribution in [0.1, 0.15) is 126 Å². The summed E-state index contributed by atoms with van der Waals surface area (Å²) in [4.78, 5) is 141. The van der Waals surface area contributed by atoms with Crippen LogP contribution in [0.25, 0.3) is 0 Å². The van der Waals surface area contributed by atoms with Gasteiger partial charge in [0.25, 0.3) is 5.91 Å². The summed E-state index contributed by atoms with van der Waals surface area (Å²) >= 11 is 0. The topological polar surface area (TPSA) is 276 Å². The second-order valence-electron chi connectivity index (χ2n) is 24.3. The highest BCUT2D eigenvalue weighted by molar-refractivity contribution is 6.58. The van der Waals surface area contributed by atoms with E-state index in [4.69, 9.17) is 4.74 Å². The Kier molecular flexibility index (Phi) is 24.7. The van der Waals surface area contributed by atoms with Crippen LogP contribution in [0.5, 0.6) is 0 Å². The van der Waals surface area contributed by atoms with E-state index in [1.807, 2.05) is 20.8 Å². The molecule has 2 aromatic rings. The molecule has 11 atom stereocenters. The molecular formula is C60H93BN8O13. The average Bonchev–Trinajstić information content (AvgIpc) is 4.07. The molecule has 2 aromatic carbocycles. The standard InChI is InChI=1S/C60H93BN8O13/c1-17-37(9)46-57(76)66(14)47(35(5)6)52(71)62-42(30-34(3)4)55(74)68(16)50(60(11,12)79)59(78)82-49(38(10)18-2)58(77)67(15)48(36(7)8)53(72)63-43(32-39-24-20-19-21-25-39)54(73)65(13)45(33-40-26-22-27-41(31-40)61(80)81)56(75)69-29-23-28-44(69)51(70)64-46/h19-22,24-27,31,34-38,42-50,79-81H,17-18,23,28-30,32-33H2,1-16H3,(H,62,71)(H,63,72)(H,64,70)/t37?,38?,42-,43-,44-,45-,46-,47-,48-,49+,50+/m0/s1. The Morgan fingerprint density at radius 3 is 1.68 bits per heavy atom. The first-order valence-corrected chi connectivity index (χ1v) is 29.0. The molecule has 0 bridgehead atoms. The summed E-state index contributed by atoms with van der Waals surface area (Å²) < 4.78 is 6.09. The number of carbonyl (C=O) groups is 9. The van der Waals surface area contributed by atoms with E-state index in [1.54, 1.807) is 90.9 Å². The van der Waals surface area contributed by atoms with Crippen molar-refractivity contribution < 1.29 is 63.0 Å². The fraction of sp³-hybridized carbons (Fsp3) is 0.650. The molecular weight excluding hydrogens is 1050 g/mol. The minimum absolute atomic E-state index is 0.0667. The number of rotatable bonds is 14. The van der Waals surface area contributed by atoms with Gasteiger partial charge in [-0.3, -0.25) is 38.4 Å². The number of nitrogens with one attached hydrogen (secondary N) is 3. The molecule has 82 heavy (non-hydrogen) atoms. The van der Waals surface area contributed by atoms with E-state index in [9.17, 15) is 48.7 Å². The summed E-state index contributed by atoms with van der Waals surface area (Å²) in [6.07, 6.45) is -0.446. The molecule has 22 heteroatoms. The molecule has 0 saturated carbocycles. The number of esters is 1. The van der Waals surface area contributed by atoms with Crippen LogP contribution in [-0.2, 0) is 60.7 Å². The third-order valence-electron chi connectivity index (χ3n) is 16.2. The summed E-state index contributed by atoms with van der Waals surface area (Å²) in [5.74, 6) is -9.30. The lowest BCUT2D eigenvalue weighted by Gasteiger charge is -2.39. The molecule has 6 N–H and O–H groups in total. The van der Waals surface area contributed by atoms with Crippen molar-refractivity contribution in [1.29, 1.82) is 0 Å². The van der Waals surface area contributed by atoms with E-state index in [-0.39, 0.29) is 43.6 Å². The van der Waals surface area contributed by atoms with Crippen molar-refractivity contribution in [3.05, 3.63) is 65.7 Å². The molecule has 2 saturated heterocycles. The van der Waals surface area contributed by atoms with Crippen LogP contribution in [0.2, 0.25) is 0 Å². The maximum Gasteiger partial charge on any atom is 0.488 e. The molecule has 2 aliphatic rings. The number of benzene rings is 2. The highest BCUT2D eigenvalue weighted by Crippen LogP contribution is 2.27. The van der Waals surface area contributed by atoms with E-state index in [1.165, 1.54) is 68.9 Å². The van der Waals surface area contributed by atoms with Crippen molar-refractivity contribution in [2.24, 2.45) is 29.6 Å². The number of aliphatic hydroxyl groups is 1. The van der Waals surface area contributed by atoms with E-state index in [0.717, 1.165) is 9.80 Å². The van der Waals surface area contributed by atoms with Gasteiger partial charge >= 0.3 is 13.1 Å². The lowest BCUT2D eigenvalue weighted by Crippen LogP contribution is -2.63. The number of likely N-dealkylation sites (N-methyl/N-ethyl adjacent to an activating group) is 4. The molecule has 8 amide bonds. The van der Waals surface area contributed by atoms with E-state index in [2.05, 4.69) is 16.0 Å². The maximum atomic E-state index is 15.4. The summed E-state index contributed by atoms with van der Waals surface area (Å²) in [6, 6.07) is 4.47. The Bertz CT molecular complexity index is 2560. The third-order valence-corrected chi connectivity index (χ3v) is 16.2. The van der Waals surface area contributed by atoms with E-state index >= 15 is 9.59 Å². The molecule has 2 aliphatic heterocycles. The predicted octanol–water partition coefficient (Wildman–Crippen LogP) is 2.05. The zero-order chi connectivity index (χ0) is 61.8. The van der Waals surface area contributed by atoms with Gasteiger partial charge in [0, 0.05) is 53.5 Å². The number of hydrogen-bond donors (Lipinski definition) is 6. The number of amides is 8. The van der Waals surface area contributed by atoms with Crippen molar-refractivity contribution in [2.45, 2.75) is 188 Å². The van der Waals surface area contributed by atoms with E-state index < -0.39 is 144 Å². The number of carbonyl (C=O) groups excluding carboxylic acids is 9. The number of fused-ring (bicyclic) bond motifs is 1. The quantitative estimate of drug-likeness (QED) is 0.117. The average molecular weight is 1150 g/mol. The number of hydrogen-bond acceptors (Lipinski definition) is 13. The van der Waals surface area contributed by atoms with Gasteiger partial charge in [-0.25, -0.2) is 4.79 Å². The predicted molar refractivity (Wildman–Crippen MR) is 311 cm³/mol. The fourth-order valence-electron chi connectivity index (χ4n) is 11.2.